The number of ether oxygens (including phenoxy) is 2. The Morgan fingerprint density at radius 2 is 1.44 bits per heavy atom. The molecule has 1 saturated heterocycles. The third-order valence-corrected chi connectivity index (χ3v) is 6.02. The molecular formula is C19H28BBrO6. The Balaban J connectivity index is 2.36. The fourth-order valence-electron chi connectivity index (χ4n) is 3.25. The maximum absolute atomic E-state index is 12.7. The summed E-state index contributed by atoms with van der Waals surface area (Å²) in [7, 11) is -0.562. The molecule has 1 saturated carbocycles. The average molecular weight is 443 g/mol. The molecule has 2 aliphatic rings. The van der Waals surface area contributed by atoms with Crippen LogP contribution < -0.4 is 0 Å². The summed E-state index contributed by atoms with van der Waals surface area (Å²) in [5, 5.41) is 0. The number of carbonyl (C=O) groups excluding carboxylic acids is 2. The third kappa shape index (κ3) is 4.17. The lowest BCUT2D eigenvalue weighted by molar-refractivity contribution is -0.171. The molecule has 8 heteroatoms. The van der Waals surface area contributed by atoms with Gasteiger partial charge in [-0.3, -0.25) is 9.59 Å². The van der Waals surface area contributed by atoms with Crippen LogP contribution in [0.4, 0.5) is 0 Å². The van der Waals surface area contributed by atoms with Crippen molar-refractivity contribution in [2.75, 3.05) is 13.2 Å². The molecule has 0 unspecified atom stereocenters. The predicted molar refractivity (Wildman–Crippen MR) is 106 cm³/mol. The van der Waals surface area contributed by atoms with Gasteiger partial charge in [-0.05, 0) is 64.1 Å². The standard InChI is InChI=1S/C19H28BBrO6/c1-7-24-15(22)19(16(23)25-8-2)9-13(14(10-19)12-21)11-20-26-17(3,4)18(5,6)27-20/h11-12H,7-10H2,1-6H3/b13-11-,14-12-. The van der Waals surface area contributed by atoms with E-state index in [1.807, 2.05) is 33.7 Å². The summed E-state index contributed by atoms with van der Waals surface area (Å²) in [5.41, 5.74) is -0.672. The van der Waals surface area contributed by atoms with Crippen molar-refractivity contribution in [2.24, 2.45) is 5.41 Å². The van der Waals surface area contributed by atoms with Crippen molar-refractivity contribution in [3.05, 3.63) is 22.1 Å². The molecule has 0 aromatic heterocycles. The Morgan fingerprint density at radius 3 is 1.85 bits per heavy atom. The highest BCUT2D eigenvalue weighted by atomic mass is 79.9. The highest BCUT2D eigenvalue weighted by Gasteiger charge is 2.55. The molecule has 0 N–H and O–H groups in total. The SMILES string of the molecule is CCOC(=O)C1(C(=O)OCC)CC(=C/Br)/C(=C\B2OC(C)(C)C(C)(C)O2)C1. The zero-order chi connectivity index (χ0) is 20.5. The van der Waals surface area contributed by atoms with Crippen molar-refractivity contribution in [3.8, 4) is 0 Å². The van der Waals surface area contributed by atoms with Crippen LogP contribution in [-0.2, 0) is 28.4 Å². The van der Waals surface area contributed by atoms with Gasteiger partial charge in [0.25, 0.3) is 0 Å². The number of hydrogen-bond donors (Lipinski definition) is 0. The van der Waals surface area contributed by atoms with Crippen LogP contribution in [0, 0.1) is 5.41 Å². The molecule has 27 heavy (non-hydrogen) atoms. The number of rotatable bonds is 5. The van der Waals surface area contributed by atoms with Crippen LogP contribution >= 0.6 is 15.9 Å². The zero-order valence-electron chi connectivity index (χ0n) is 16.9. The average Bonchev–Trinajstić information content (AvgIpc) is 3.03. The summed E-state index contributed by atoms with van der Waals surface area (Å²) in [5.74, 6) is 0.712. The van der Waals surface area contributed by atoms with E-state index in [0.717, 1.165) is 11.1 Å². The van der Waals surface area contributed by atoms with E-state index in [-0.39, 0.29) is 26.1 Å². The van der Waals surface area contributed by atoms with Crippen molar-refractivity contribution >= 4 is 35.0 Å². The van der Waals surface area contributed by atoms with Crippen LogP contribution in [0.2, 0.25) is 0 Å². The topological polar surface area (TPSA) is 71.1 Å². The first-order chi connectivity index (χ1) is 12.5. The molecule has 2 rings (SSSR count). The number of allylic oxidation sites excluding steroid dienone is 2. The van der Waals surface area contributed by atoms with E-state index in [9.17, 15) is 9.59 Å². The van der Waals surface area contributed by atoms with Gasteiger partial charge in [-0.1, -0.05) is 21.9 Å². The summed E-state index contributed by atoms with van der Waals surface area (Å²) in [6.07, 6.45) is 0.396. The lowest BCUT2D eigenvalue weighted by Crippen LogP contribution is -2.41. The Morgan fingerprint density at radius 1 is 1.00 bits per heavy atom. The number of carbonyl (C=O) groups is 2. The second-order valence-corrected chi connectivity index (χ2v) is 8.29. The minimum absolute atomic E-state index is 0.187. The van der Waals surface area contributed by atoms with Gasteiger partial charge in [0, 0.05) is 6.42 Å². The monoisotopic (exact) mass is 442 g/mol. The van der Waals surface area contributed by atoms with Crippen LogP contribution in [0.1, 0.15) is 54.4 Å². The summed E-state index contributed by atoms with van der Waals surface area (Å²) in [6.45, 7) is 11.7. The highest BCUT2D eigenvalue weighted by Crippen LogP contribution is 2.48. The Labute approximate surface area is 169 Å². The molecule has 0 spiro atoms. The maximum atomic E-state index is 12.7. The van der Waals surface area contributed by atoms with E-state index in [0.29, 0.717) is 0 Å². The molecule has 0 amide bonds. The van der Waals surface area contributed by atoms with E-state index >= 15 is 0 Å². The molecular weight excluding hydrogens is 415 g/mol. The van der Waals surface area contributed by atoms with Gasteiger partial charge in [0.1, 0.15) is 0 Å². The van der Waals surface area contributed by atoms with E-state index in [1.165, 1.54) is 0 Å². The first-order valence-electron chi connectivity index (χ1n) is 9.23. The minimum atomic E-state index is -1.37. The molecule has 0 aromatic rings. The van der Waals surface area contributed by atoms with Crippen molar-refractivity contribution < 1.29 is 28.4 Å². The quantitative estimate of drug-likeness (QED) is 0.367. The van der Waals surface area contributed by atoms with Crippen molar-refractivity contribution in [2.45, 2.75) is 65.6 Å². The Bertz CT molecular complexity index is 633. The Kier molecular flexibility index (Phi) is 6.65. The van der Waals surface area contributed by atoms with Crippen LogP contribution in [0.25, 0.3) is 0 Å². The fourth-order valence-corrected chi connectivity index (χ4v) is 3.70. The van der Waals surface area contributed by atoms with Gasteiger partial charge >= 0.3 is 19.1 Å². The van der Waals surface area contributed by atoms with Gasteiger partial charge in [0.2, 0.25) is 0 Å². The van der Waals surface area contributed by atoms with Gasteiger partial charge in [0.05, 0.1) is 24.4 Å². The largest absolute Gasteiger partial charge is 0.487 e. The molecule has 1 aliphatic carbocycles. The lowest BCUT2D eigenvalue weighted by atomic mass is 9.83. The first kappa shape index (κ1) is 22.2. The summed E-state index contributed by atoms with van der Waals surface area (Å²) in [4.78, 5) is 27.1. The second kappa shape index (κ2) is 8.09. The van der Waals surface area contributed by atoms with Gasteiger partial charge < -0.3 is 18.8 Å². The van der Waals surface area contributed by atoms with E-state index in [1.54, 1.807) is 18.8 Å². The first-order valence-corrected chi connectivity index (χ1v) is 10.1. The molecule has 150 valence electrons. The zero-order valence-corrected chi connectivity index (χ0v) is 18.5. The number of esters is 2. The van der Waals surface area contributed by atoms with E-state index in [2.05, 4.69) is 15.9 Å². The maximum Gasteiger partial charge on any atom is 0.487 e. The van der Waals surface area contributed by atoms with Crippen LogP contribution in [0.3, 0.4) is 0 Å². The molecule has 0 radical (unpaired) electrons. The number of halogens is 1. The van der Waals surface area contributed by atoms with Gasteiger partial charge in [0.15, 0.2) is 5.41 Å². The molecule has 0 aromatic carbocycles. The van der Waals surface area contributed by atoms with Crippen molar-refractivity contribution in [1.29, 1.82) is 0 Å². The molecule has 1 heterocycles. The highest BCUT2D eigenvalue weighted by molar-refractivity contribution is 9.11. The van der Waals surface area contributed by atoms with E-state index in [4.69, 9.17) is 18.8 Å². The van der Waals surface area contributed by atoms with E-state index < -0.39 is 35.7 Å². The fraction of sp³-hybridized carbons (Fsp3) is 0.684. The smallest absolute Gasteiger partial charge is 0.465 e. The van der Waals surface area contributed by atoms with Crippen molar-refractivity contribution in [1.82, 2.24) is 0 Å². The van der Waals surface area contributed by atoms with Crippen LogP contribution in [0.15, 0.2) is 22.1 Å². The van der Waals surface area contributed by atoms with Gasteiger partial charge in [-0.15, -0.1) is 0 Å². The molecule has 0 bridgehead atoms. The van der Waals surface area contributed by atoms with Gasteiger partial charge in [-0.25, -0.2) is 0 Å². The molecule has 6 nitrogen and oxygen atoms in total. The minimum Gasteiger partial charge on any atom is -0.465 e. The van der Waals surface area contributed by atoms with Crippen molar-refractivity contribution in [3.63, 3.8) is 0 Å². The summed E-state index contributed by atoms with van der Waals surface area (Å²) in [6, 6.07) is 0. The summed E-state index contributed by atoms with van der Waals surface area (Å²) >= 11 is 3.35. The Hall–Kier alpha value is -1.12. The van der Waals surface area contributed by atoms with Gasteiger partial charge in [-0.2, -0.15) is 0 Å². The molecule has 0 atom stereocenters. The second-order valence-electron chi connectivity index (χ2n) is 7.83. The normalized spacial score (nSPS) is 25.8. The third-order valence-electron chi connectivity index (χ3n) is 5.47. The van der Waals surface area contributed by atoms with Crippen LogP contribution in [0.5, 0.6) is 0 Å². The predicted octanol–water partition coefficient (Wildman–Crippen LogP) is 3.73. The number of hydrogen-bond acceptors (Lipinski definition) is 6. The molecule has 1 aliphatic heterocycles. The van der Waals surface area contributed by atoms with Crippen LogP contribution in [-0.4, -0.2) is 43.5 Å². The lowest BCUT2D eigenvalue weighted by Gasteiger charge is -2.32. The summed E-state index contributed by atoms with van der Waals surface area (Å²) < 4.78 is 22.5. The molecule has 2 fully saturated rings.